The summed E-state index contributed by atoms with van der Waals surface area (Å²) in [6, 6.07) is 9.79. The van der Waals surface area contributed by atoms with Gasteiger partial charge in [0.15, 0.2) is 0 Å². The number of carbonyl (C=O) groups is 1. The molecule has 0 spiro atoms. The van der Waals surface area contributed by atoms with E-state index in [0.717, 1.165) is 43.2 Å². The molecule has 1 aliphatic carbocycles. The largest absolute Gasteiger partial charge is 0.360 e. The Morgan fingerprint density at radius 1 is 1.00 bits per heavy atom. The molecule has 8 heteroatoms. The Morgan fingerprint density at radius 3 is 2.38 bits per heavy atom. The number of benzene rings is 2. The summed E-state index contributed by atoms with van der Waals surface area (Å²) in [6.07, 6.45) is 6.50. The van der Waals surface area contributed by atoms with E-state index in [1.165, 1.54) is 24.4 Å². The number of hydrogen-bond donors (Lipinski definition) is 3. The second-order valence-corrected chi connectivity index (χ2v) is 10.2. The molecular weight excluding hydrogens is 426 g/mol. The van der Waals surface area contributed by atoms with Crippen LogP contribution >= 0.6 is 0 Å². The molecule has 1 amide bonds. The summed E-state index contributed by atoms with van der Waals surface area (Å²) in [5.41, 5.74) is 2.29. The van der Waals surface area contributed by atoms with Crippen LogP contribution in [-0.4, -0.2) is 25.4 Å². The van der Waals surface area contributed by atoms with Gasteiger partial charge >= 0.3 is 0 Å². The van der Waals surface area contributed by atoms with Crippen LogP contribution in [0.2, 0.25) is 0 Å². The fourth-order valence-electron chi connectivity index (χ4n) is 4.29. The first kappa shape index (κ1) is 22.1. The maximum Gasteiger partial charge on any atom is 0.261 e. The second kappa shape index (κ2) is 8.78. The van der Waals surface area contributed by atoms with Crippen molar-refractivity contribution in [2.75, 3.05) is 4.72 Å². The molecule has 1 heterocycles. The summed E-state index contributed by atoms with van der Waals surface area (Å²) in [5.74, 6) is -0.429. The Kier molecular flexibility index (Phi) is 6.06. The van der Waals surface area contributed by atoms with E-state index in [2.05, 4.69) is 15.0 Å². The highest BCUT2D eigenvalue weighted by molar-refractivity contribution is 7.92. The second-order valence-electron chi connectivity index (χ2n) is 8.53. The lowest BCUT2D eigenvalue weighted by Crippen LogP contribution is -2.38. The number of pyridine rings is 1. The number of fused-ring (bicyclic) bond motifs is 1. The molecule has 0 atom stereocenters. The topological polar surface area (TPSA) is 108 Å². The highest BCUT2D eigenvalue weighted by Crippen LogP contribution is 2.22. The van der Waals surface area contributed by atoms with Gasteiger partial charge in [-0.2, -0.15) is 0 Å². The number of aromatic amines is 1. The summed E-state index contributed by atoms with van der Waals surface area (Å²) in [6.45, 7) is 3.78. The van der Waals surface area contributed by atoms with Crippen LogP contribution in [0, 0.1) is 13.8 Å². The number of nitrogens with one attached hydrogen (secondary N) is 3. The predicted molar refractivity (Wildman–Crippen MR) is 126 cm³/mol. The minimum atomic E-state index is -3.91. The molecule has 1 aromatic heterocycles. The molecule has 3 N–H and O–H groups in total. The van der Waals surface area contributed by atoms with Crippen molar-refractivity contribution in [1.29, 1.82) is 0 Å². The van der Waals surface area contributed by atoms with Crippen LogP contribution in [0.15, 0.2) is 52.3 Å². The molecule has 0 aliphatic heterocycles. The molecule has 168 valence electrons. The molecule has 32 heavy (non-hydrogen) atoms. The van der Waals surface area contributed by atoms with Crippen LogP contribution < -0.4 is 15.5 Å². The lowest BCUT2D eigenvalue weighted by Gasteiger charge is -2.22. The Balaban J connectivity index is 1.66. The maximum atomic E-state index is 13.0. The number of aromatic nitrogens is 1. The summed E-state index contributed by atoms with van der Waals surface area (Å²) >= 11 is 0. The molecule has 4 rings (SSSR count). The number of carbonyl (C=O) groups excluding carboxylic acids is 1. The first-order valence-electron chi connectivity index (χ1n) is 10.8. The van der Waals surface area contributed by atoms with Gasteiger partial charge in [0.2, 0.25) is 5.43 Å². The number of H-pyrrole nitrogens is 1. The smallest absolute Gasteiger partial charge is 0.261 e. The Morgan fingerprint density at radius 2 is 1.69 bits per heavy atom. The number of rotatable bonds is 5. The summed E-state index contributed by atoms with van der Waals surface area (Å²) in [5, 5.41) is 3.10. The average molecular weight is 454 g/mol. The van der Waals surface area contributed by atoms with Gasteiger partial charge in [0.25, 0.3) is 15.9 Å². The molecule has 1 fully saturated rings. The molecule has 2 aromatic carbocycles. The van der Waals surface area contributed by atoms with E-state index in [1.54, 1.807) is 12.1 Å². The Hall–Kier alpha value is -3.13. The van der Waals surface area contributed by atoms with Crippen LogP contribution in [0.4, 0.5) is 5.69 Å². The highest BCUT2D eigenvalue weighted by Gasteiger charge is 2.21. The van der Waals surface area contributed by atoms with Crippen LogP contribution in [0.25, 0.3) is 10.9 Å². The zero-order valence-corrected chi connectivity index (χ0v) is 19.0. The van der Waals surface area contributed by atoms with E-state index in [9.17, 15) is 18.0 Å². The third-order valence-electron chi connectivity index (χ3n) is 5.82. The average Bonchev–Trinajstić information content (AvgIpc) is 2.73. The van der Waals surface area contributed by atoms with Gasteiger partial charge in [0.1, 0.15) is 5.56 Å². The van der Waals surface area contributed by atoms with Crippen molar-refractivity contribution in [2.24, 2.45) is 0 Å². The maximum absolute atomic E-state index is 13.0. The van der Waals surface area contributed by atoms with Crippen molar-refractivity contribution < 1.29 is 13.2 Å². The van der Waals surface area contributed by atoms with E-state index >= 15 is 0 Å². The highest BCUT2D eigenvalue weighted by atomic mass is 32.2. The number of amides is 1. The molecule has 7 nitrogen and oxygen atoms in total. The van der Waals surface area contributed by atoms with Gasteiger partial charge in [-0.15, -0.1) is 0 Å². The molecule has 0 radical (unpaired) electrons. The van der Waals surface area contributed by atoms with E-state index in [4.69, 9.17) is 0 Å². The van der Waals surface area contributed by atoms with Gasteiger partial charge < -0.3 is 10.3 Å². The van der Waals surface area contributed by atoms with Crippen LogP contribution in [0.3, 0.4) is 0 Å². The Labute approximate surface area is 187 Å². The van der Waals surface area contributed by atoms with Crippen LogP contribution in [-0.2, 0) is 10.0 Å². The lowest BCUT2D eigenvalue weighted by molar-refractivity contribution is 0.0926. The van der Waals surface area contributed by atoms with E-state index < -0.39 is 21.4 Å². The number of anilines is 1. The van der Waals surface area contributed by atoms with Gasteiger partial charge in [0, 0.05) is 28.8 Å². The summed E-state index contributed by atoms with van der Waals surface area (Å²) < 4.78 is 28.5. The predicted octanol–water partition coefficient (Wildman–Crippen LogP) is 4.01. The summed E-state index contributed by atoms with van der Waals surface area (Å²) in [7, 11) is -3.91. The van der Waals surface area contributed by atoms with Gasteiger partial charge in [-0.05, 0) is 68.1 Å². The first-order valence-corrected chi connectivity index (χ1v) is 12.3. The standard InChI is InChI=1S/C24H27N3O4S/c1-15-10-16(2)12-18(11-15)27-32(30,31)19-8-9-22-20(13-19)23(28)21(14-25-22)24(29)26-17-6-4-3-5-7-17/h8-14,17,27H,3-7H2,1-2H3,(H,25,28)(H,26,29). The molecule has 3 aromatic rings. The monoisotopic (exact) mass is 453 g/mol. The van der Waals surface area contributed by atoms with Gasteiger partial charge in [-0.3, -0.25) is 14.3 Å². The summed E-state index contributed by atoms with van der Waals surface area (Å²) in [4.78, 5) is 28.6. The molecule has 0 unspecified atom stereocenters. The number of hydrogen-bond acceptors (Lipinski definition) is 4. The third-order valence-corrected chi connectivity index (χ3v) is 7.20. The van der Waals surface area contributed by atoms with E-state index in [1.807, 2.05) is 19.9 Å². The SMILES string of the molecule is Cc1cc(C)cc(NS(=O)(=O)c2ccc3[nH]cc(C(=O)NC4CCCCC4)c(=O)c3c2)c1. The zero-order valence-electron chi connectivity index (χ0n) is 18.2. The normalized spacial score (nSPS) is 14.9. The van der Waals surface area contributed by atoms with Crippen LogP contribution in [0.1, 0.15) is 53.6 Å². The first-order chi connectivity index (χ1) is 15.2. The third kappa shape index (κ3) is 4.70. The lowest BCUT2D eigenvalue weighted by atomic mass is 9.95. The molecular formula is C24H27N3O4S. The quantitative estimate of drug-likeness (QED) is 0.542. The number of sulfonamides is 1. The van der Waals surface area contributed by atoms with E-state index in [0.29, 0.717) is 11.2 Å². The van der Waals surface area contributed by atoms with E-state index in [-0.39, 0.29) is 21.9 Å². The van der Waals surface area contributed by atoms with Gasteiger partial charge in [-0.1, -0.05) is 25.3 Å². The fourth-order valence-corrected chi connectivity index (χ4v) is 5.36. The minimum Gasteiger partial charge on any atom is -0.360 e. The molecule has 1 saturated carbocycles. The zero-order chi connectivity index (χ0) is 22.9. The minimum absolute atomic E-state index is 0.0140. The fraction of sp³-hybridized carbons (Fsp3) is 0.333. The van der Waals surface area contributed by atoms with Gasteiger partial charge in [-0.25, -0.2) is 8.42 Å². The van der Waals surface area contributed by atoms with Crippen molar-refractivity contribution >= 4 is 32.5 Å². The molecule has 0 bridgehead atoms. The molecule has 0 saturated heterocycles. The van der Waals surface area contributed by atoms with Crippen molar-refractivity contribution in [3.63, 3.8) is 0 Å². The number of aryl methyl sites for hydroxylation is 2. The van der Waals surface area contributed by atoms with Crippen molar-refractivity contribution in [2.45, 2.75) is 56.9 Å². The molecule has 1 aliphatic rings. The van der Waals surface area contributed by atoms with Crippen LogP contribution in [0.5, 0.6) is 0 Å². The van der Waals surface area contributed by atoms with Crippen molar-refractivity contribution in [3.05, 3.63) is 69.5 Å². The van der Waals surface area contributed by atoms with Gasteiger partial charge in [0.05, 0.1) is 4.90 Å². The Bertz CT molecular complexity index is 1320. The van der Waals surface area contributed by atoms with Crippen molar-refractivity contribution in [3.8, 4) is 0 Å². The van der Waals surface area contributed by atoms with Crippen molar-refractivity contribution in [1.82, 2.24) is 10.3 Å².